The summed E-state index contributed by atoms with van der Waals surface area (Å²) in [5.74, 6) is 0. The number of rotatable bonds is 5. The first kappa shape index (κ1) is 13.6. The van der Waals surface area contributed by atoms with E-state index in [4.69, 9.17) is 5.11 Å². The predicted molar refractivity (Wildman–Crippen MR) is 81.9 cm³/mol. The Morgan fingerprint density at radius 1 is 1.30 bits per heavy atom. The van der Waals surface area contributed by atoms with E-state index in [1.165, 1.54) is 16.5 Å². The SMILES string of the molecule is OCCCN1CCNC(Cc2c[nH]c3ccccc23)C1. The van der Waals surface area contributed by atoms with E-state index in [1.807, 2.05) is 0 Å². The Morgan fingerprint density at radius 3 is 3.10 bits per heavy atom. The molecule has 20 heavy (non-hydrogen) atoms. The second-order valence-corrected chi connectivity index (χ2v) is 5.59. The van der Waals surface area contributed by atoms with Crippen LogP contribution in [0.2, 0.25) is 0 Å². The number of para-hydroxylation sites is 1. The van der Waals surface area contributed by atoms with Crippen LogP contribution in [0.3, 0.4) is 0 Å². The van der Waals surface area contributed by atoms with Gasteiger partial charge in [0.15, 0.2) is 0 Å². The number of nitrogens with zero attached hydrogens (tertiary/aromatic N) is 1. The highest BCUT2D eigenvalue weighted by Gasteiger charge is 2.20. The topological polar surface area (TPSA) is 51.3 Å². The van der Waals surface area contributed by atoms with Gasteiger partial charge in [-0.1, -0.05) is 18.2 Å². The van der Waals surface area contributed by atoms with E-state index >= 15 is 0 Å². The Morgan fingerprint density at radius 2 is 2.20 bits per heavy atom. The van der Waals surface area contributed by atoms with Crippen molar-refractivity contribution in [2.75, 3.05) is 32.8 Å². The number of aliphatic hydroxyl groups excluding tert-OH is 1. The number of piperazine rings is 1. The van der Waals surface area contributed by atoms with Crippen molar-refractivity contribution < 1.29 is 5.11 Å². The summed E-state index contributed by atoms with van der Waals surface area (Å²) in [4.78, 5) is 5.80. The molecule has 108 valence electrons. The Kier molecular flexibility index (Phi) is 4.35. The highest BCUT2D eigenvalue weighted by atomic mass is 16.3. The lowest BCUT2D eigenvalue weighted by molar-refractivity contribution is 0.178. The largest absolute Gasteiger partial charge is 0.396 e. The van der Waals surface area contributed by atoms with Crippen molar-refractivity contribution in [2.45, 2.75) is 18.9 Å². The predicted octanol–water partition coefficient (Wildman–Crippen LogP) is 1.37. The zero-order chi connectivity index (χ0) is 13.8. The molecule has 4 nitrogen and oxygen atoms in total. The zero-order valence-corrected chi connectivity index (χ0v) is 11.8. The summed E-state index contributed by atoms with van der Waals surface area (Å²) in [6.45, 7) is 4.49. The fraction of sp³-hybridized carbons (Fsp3) is 0.500. The highest BCUT2D eigenvalue weighted by molar-refractivity contribution is 5.83. The van der Waals surface area contributed by atoms with E-state index in [0.717, 1.165) is 39.0 Å². The Bertz CT molecular complexity index is 551. The van der Waals surface area contributed by atoms with Gasteiger partial charge in [-0.2, -0.15) is 0 Å². The molecule has 1 atom stereocenters. The Hall–Kier alpha value is -1.36. The van der Waals surface area contributed by atoms with Gasteiger partial charge in [0.25, 0.3) is 0 Å². The van der Waals surface area contributed by atoms with E-state index in [2.05, 4.69) is 45.7 Å². The van der Waals surface area contributed by atoms with Crippen molar-refractivity contribution in [1.82, 2.24) is 15.2 Å². The average molecular weight is 273 g/mol. The summed E-state index contributed by atoms with van der Waals surface area (Å²) < 4.78 is 0. The molecule has 0 aliphatic carbocycles. The number of aromatic nitrogens is 1. The first-order valence-corrected chi connectivity index (χ1v) is 7.48. The number of benzene rings is 1. The molecule has 0 saturated carbocycles. The van der Waals surface area contributed by atoms with Crippen LogP contribution >= 0.6 is 0 Å². The van der Waals surface area contributed by atoms with Gasteiger partial charge in [0.2, 0.25) is 0 Å². The Labute approximate surface area is 119 Å². The summed E-state index contributed by atoms with van der Waals surface area (Å²) in [5, 5.41) is 13.9. The van der Waals surface area contributed by atoms with Crippen LogP contribution in [-0.4, -0.2) is 53.8 Å². The number of aliphatic hydroxyl groups is 1. The maximum absolute atomic E-state index is 8.94. The molecule has 0 spiro atoms. The number of hydrogen-bond donors (Lipinski definition) is 3. The fourth-order valence-electron chi connectivity index (χ4n) is 3.09. The molecule has 1 saturated heterocycles. The lowest BCUT2D eigenvalue weighted by Gasteiger charge is -2.33. The van der Waals surface area contributed by atoms with Gasteiger partial charge < -0.3 is 20.3 Å². The van der Waals surface area contributed by atoms with Crippen LogP contribution in [-0.2, 0) is 6.42 Å². The first-order chi connectivity index (χ1) is 9.86. The van der Waals surface area contributed by atoms with Crippen molar-refractivity contribution in [3.8, 4) is 0 Å². The second kappa shape index (κ2) is 6.39. The summed E-state index contributed by atoms with van der Waals surface area (Å²) >= 11 is 0. The molecular weight excluding hydrogens is 250 g/mol. The molecule has 1 aromatic carbocycles. The number of hydrogen-bond acceptors (Lipinski definition) is 3. The van der Waals surface area contributed by atoms with Gasteiger partial charge in [-0.15, -0.1) is 0 Å². The lowest BCUT2D eigenvalue weighted by atomic mass is 10.0. The van der Waals surface area contributed by atoms with Crippen LogP contribution in [0.4, 0.5) is 0 Å². The zero-order valence-electron chi connectivity index (χ0n) is 11.8. The molecule has 2 heterocycles. The summed E-state index contributed by atoms with van der Waals surface area (Å²) in [6.07, 6.45) is 4.07. The van der Waals surface area contributed by atoms with E-state index in [9.17, 15) is 0 Å². The van der Waals surface area contributed by atoms with Crippen LogP contribution in [0.25, 0.3) is 10.9 Å². The van der Waals surface area contributed by atoms with Crippen molar-refractivity contribution in [2.24, 2.45) is 0 Å². The molecule has 1 fully saturated rings. The summed E-state index contributed by atoms with van der Waals surface area (Å²) in [7, 11) is 0. The molecule has 0 amide bonds. The van der Waals surface area contributed by atoms with Gasteiger partial charge in [0, 0.05) is 55.9 Å². The van der Waals surface area contributed by atoms with Gasteiger partial charge in [-0.05, 0) is 24.5 Å². The molecule has 1 aliphatic heterocycles. The molecule has 2 aromatic rings. The van der Waals surface area contributed by atoms with Crippen molar-refractivity contribution >= 4 is 10.9 Å². The van der Waals surface area contributed by atoms with Crippen LogP contribution in [0.1, 0.15) is 12.0 Å². The molecule has 0 radical (unpaired) electrons. The third-order valence-electron chi connectivity index (χ3n) is 4.11. The average Bonchev–Trinajstić information content (AvgIpc) is 2.89. The number of aromatic amines is 1. The van der Waals surface area contributed by atoms with Crippen molar-refractivity contribution in [1.29, 1.82) is 0 Å². The van der Waals surface area contributed by atoms with Gasteiger partial charge >= 0.3 is 0 Å². The monoisotopic (exact) mass is 273 g/mol. The highest BCUT2D eigenvalue weighted by Crippen LogP contribution is 2.19. The summed E-state index contributed by atoms with van der Waals surface area (Å²) in [5.41, 5.74) is 2.61. The number of fused-ring (bicyclic) bond motifs is 1. The van der Waals surface area contributed by atoms with E-state index in [0.29, 0.717) is 6.04 Å². The minimum Gasteiger partial charge on any atom is -0.396 e. The third-order valence-corrected chi connectivity index (χ3v) is 4.11. The van der Waals surface area contributed by atoms with Crippen LogP contribution in [0.15, 0.2) is 30.5 Å². The number of H-pyrrole nitrogens is 1. The Balaban J connectivity index is 1.65. The maximum atomic E-state index is 8.94. The third kappa shape index (κ3) is 3.03. The minimum atomic E-state index is 0.289. The molecule has 1 unspecified atom stereocenters. The van der Waals surface area contributed by atoms with Crippen molar-refractivity contribution in [3.05, 3.63) is 36.0 Å². The summed E-state index contributed by atoms with van der Waals surface area (Å²) in [6, 6.07) is 8.98. The molecule has 3 N–H and O–H groups in total. The van der Waals surface area contributed by atoms with Crippen molar-refractivity contribution in [3.63, 3.8) is 0 Å². The van der Waals surface area contributed by atoms with Crippen LogP contribution in [0.5, 0.6) is 0 Å². The molecule has 1 aromatic heterocycles. The van der Waals surface area contributed by atoms with E-state index in [-0.39, 0.29) is 6.61 Å². The van der Waals surface area contributed by atoms with E-state index in [1.54, 1.807) is 0 Å². The lowest BCUT2D eigenvalue weighted by Crippen LogP contribution is -2.51. The smallest absolute Gasteiger partial charge is 0.0456 e. The van der Waals surface area contributed by atoms with Gasteiger partial charge in [-0.3, -0.25) is 0 Å². The van der Waals surface area contributed by atoms with Gasteiger partial charge in [-0.25, -0.2) is 0 Å². The molecule has 4 heteroatoms. The van der Waals surface area contributed by atoms with Gasteiger partial charge in [0.1, 0.15) is 0 Å². The van der Waals surface area contributed by atoms with E-state index < -0.39 is 0 Å². The van der Waals surface area contributed by atoms with Crippen LogP contribution < -0.4 is 5.32 Å². The molecule has 0 bridgehead atoms. The molecule has 1 aliphatic rings. The second-order valence-electron chi connectivity index (χ2n) is 5.59. The maximum Gasteiger partial charge on any atom is 0.0456 e. The van der Waals surface area contributed by atoms with Crippen LogP contribution in [0, 0.1) is 0 Å². The standard InChI is InChI=1S/C16H23N3O/c20-9-3-7-19-8-6-17-14(12-19)10-13-11-18-16-5-2-1-4-15(13)16/h1-2,4-5,11,14,17-18,20H,3,6-10,12H2. The fourth-order valence-corrected chi connectivity index (χ4v) is 3.09. The molecular formula is C16H23N3O. The number of nitrogens with one attached hydrogen (secondary N) is 2. The normalized spacial score (nSPS) is 20.6. The molecule has 3 rings (SSSR count). The first-order valence-electron chi connectivity index (χ1n) is 7.48. The minimum absolute atomic E-state index is 0.289. The quantitative estimate of drug-likeness (QED) is 0.771. The van der Waals surface area contributed by atoms with Gasteiger partial charge in [0.05, 0.1) is 0 Å².